The summed E-state index contributed by atoms with van der Waals surface area (Å²) >= 11 is 0. The van der Waals surface area contributed by atoms with E-state index in [1.54, 1.807) is 74.5 Å². The van der Waals surface area contributed by atoms with E-state index in [4.69, 9.17) is 5.84 Å². The second kappa shape index (κ2) is 11.8. The number of nitrogens with one attached hydrogen (secondary N) is 3. The minimum absolute atomic E-state index is 0.0801. The molecule has 0 spiro atoms. The van der Waals surface area contributed by atoms with E-state index in [2.05, 4.69) is 20.5 Å². The fourth-order valence-electron chi connectivity index (χ4n) is 4.02. The highest BCUT2D eigenvalue weighted by atomic mass is 32.2. The van der Waals surface area contributed by atoms with Gasteiger partial charge in [-0.25, -0.2) is 19.3 Å². The number of carbonyl (C=O) groups excluding carboxylic acids is 1. The number of aliphatic carboxylic acids is 1. The standard InChI is InChI=1S/C26H29N5O5S/c1-16-11-17(2)24(18(3)12-16)37(35,36)31-23(26(33)34)13-19-7-9-21(10-8-19)30-25(32)20-5-4-6-22(14-20)28-15-29-27/h4-12,14-15,23,31H,13,27H2,1-3H3,(H,28,29)(H,30,32)(H,33,34). The molecule has 0 aliphatic heterocycles. The van der Waals surface area contributed by atoms with Gasteiger partial charge in [-0.05, 0) is 74.2 Å². The number of amides is 1. The number of carbonyl (C=O) groups is 2. The minimum Gasteiger partial charge on any atom is -0.480 e. The van der Waals surface area contributed by atoms with Gasteiger partial charge in [0, 0.05) is 11.3 Å². The van der Waals surface area contributed by atoms with E-state index in [1.165, 1.54) is 6.34 Å². The number of nitrogens with two attached hydrogens (primary N) is 1. The molecule has 0 radical (unpaired) electrons. The largest absolute Gasteiger partial charge is 0.480 e. The molecule has 0 aromatic heterocycles. The summed E-state index contributed by atoms with van der Waals surface area (Å²) in [5.74, 6) is 3.51. The van der Waals surface area contributed by atoms with Crippen LogP contribution in [0.15, 0.2) is 70.6 Å². The van der Waals surface area contributed by atoms with E-state index in [9.17, 15) is 23.1 Å². The summed E-state index contributed by atoms with van der Waals surface area (Å²) in [6.07, 6.45) is 1.21. The van der Waals surface area contributed by atoms with Crippen LogP contribution in [0.5, 0.6) is 0 Å². The lowest BCUT2D eigenvalue weighted by molar-refractivity contribution is -0.138. The Morgan fingerprint density at radius 2 is 1.68 bits per heavy atom. The molecule has 0 aliphatic rings. The van der Waals surface area contributed by atoms with Crippen molar-refractivity contribution in [1.82, 2.24) is 10.1 Å². The number of anilines is 1. The van der Waals surface area contributed by atoms with Gasteiger partial charge < -0.3 is 15.8 Å². The number of rotatable bonds is 10. The lowest BCUT2D eigenvalue weighted by Crippen LogP contribution is -2.42. The van der Waals surface area contributed by atoms with Crippen molar-refractivity contribution in [2.45, 2.75) is 38.1 Å². The van der Waals surface area contributed by atoms with E-state index < -0.39 is 22.0 Å². The maximum Gasteiger partial charge on any atom is 0.322 e. The van der Waals surface area contributed by atoms with E-state index in [0.717, 1.165) is 5.56 Å². The van der Waals surface area contributed by atoms with Crippen LogP contribution in [0.4, 0.5) is 11.4 Å². The molecule has 37 heavy (non-hydrogen) atoms. The second-order valence-corrected chi connectivity index (χ2v) is 10.2. The van der Waals surface area contributed by atoms with E-state index in [0.29, 0.717) is 33.6 Å². The van der Waals surface area contributed by atoms with Gasteiger partial charge in [0.25, 0.3) is 5.91 Å². The molecule has 0 heterocycles. The Morgan fingerprint density at radius 1 is 1.03 bits per heavy atom. The summed E-state index contributed by atoms with van der Waals surface area (Å²) < 4.78 is 28.4. The van der Waals surface area contributed by atoms with Crippen molar-refractivity contribution in [3.8, 4) is 0 Å². The van der Waals surface area contributed by atoms with Crippen molar-refractivity contribution in [2.24, 2.45) is 10.8 Å². The smallest absolute Gasteiger partial charge is 0.322 e. The zero-order valence-electron chi connectivity index (χ0n) is 20.6. The van der Waals surface area contributed by atoms with Gasteiger partial charge in [-0.1, -0.05) is 35.9 Å². The highest BCUT2D eigenvalue weighted by molar-refractivity contribution is 7.89. The number of hydrogen-bond acceptors (Lipinski definition) is 6. The number of aryl methyl sites for hydroxylation is 3. The molecule has 10 nitrogen and oxygen atoms in total. The Hall–Kier alpha value is -4.06. The summed E-state index contributed by atoms with van der Waals surface area (Å²) in [6, 6.07) is 15.3. The molecule has 1 amide bonds. The van der Waals surface area contributed by atoms with Gasteiger partial charge in [0.05, 0.1) is 10.6 Å². The third kappa shape index (κ3) is 7.23. The predicted octanol–water partition coefficient (Wildman–Crippen LogP) is 2.96. The minimum atomic E-state index is -4.08. The number of benzene rings is 3. The predicted molar refractivity (Wildman–Crippen MR) is 142 cm³/mol. The van der Waals surface area contributed by atoms with E-state index in [-0.39, 0.29) is 17.2 Å². The quantitative estimate of drug-likeness (QED) is 0.118. The van der Waals surface area contributed by atoms with Crippen LogP contribution < -0.4 is 21.3 Å². The normalized spacial score (nSPS) is 12.3. The molecule has 11 heteroatoms. The monoisotopic (exact) mass is 523 g/mol. The molecule has 0 bridgehead atoms. The van der Waals surface area contributed by atoms with Gasteiger partial charge in [0.15, 0.2) is 0 Å². The van der Waals surface area contributed by atoms with Crippen molar-refractivity contribution in [3.05, 3.63) is 88.5 Å². The molecule has 1 unspecified atom stereocenters. The van der Waals surface area contributed by atoms with Crippen LogP contribution >= 0.6 is 0 Å². The fourth-order valence-corrected chi connectivity index (χ4v) is 5.66. The number of carboxylic acid groups (broad SMARTS) is 1. The summed E-state index contributed by atoms with van der Waals surface area (Å²) in [7, 11) is -4.08. The first kappa shape index (κ1) is 27.5. The van der Waals surface area contributed by atoms with Crippen molar-refractivity contribution in [2.75, 3.05) is 5.32 Å². The highest BCUT2D eigenvalue weighted by Gasteiger charge is 2.28. The Kier molecular flexibility index (Phi) is 8.77. The number of hydrazine groups is 1. The molecule has 194 valence electrons. The van der Waals surface area contributed by atoms with Crippen LogP contribution in [0.2, 0.25) is 0 Å². The van der Waals surface area contributed by atoms with Crippen LogP contribution in [0.25, 0.3) is 0 Å². The molecule has 0 saturated carbocycles. The number of carboxylic acids is 1. The van der Waals surface area contributed by atoms with Crippen LogP contribution in [0, 0.1) is 20.8 Å². The van der Waals surface area contributed by atoms with Gasteiger partial charge in [-0.3, -0.25) is 9.59 Å². The summed E-state index contributed by atoms with van der Waals surface area (Å²) in [6.45, 7) is 5.22. The van der Waals surface area contributed by atoms with E-state index >= 15 is 0 Å². The Labute approximate surface area is 215 Å². The molecular formula is C26H29N5O5S. The number of hydrogen-bond donors (Lipinski definition) is 5. The first-order valence-corrected chi connectivity index (χ1v) is 12.8. The molecule has 0 saturated heterocycles. The molecule has 6 N–H and O–H groups in total. The third-order valence-electron chi connectivity index (χ3n) is 5.52. The number of aliphatic imine (C=N–C) groups is 1. The molecule has 3 aromatic rings. The molecule has 0 aliphatic carbocycles. The van der Waals surface area contributed by atoms with Crippen LogP contribution in [-0.4, -0.2) is 37.8 Å². The lowest BCUT2D eigenvalue weighted by atomic mass is 10.1. The van der Waals surface area contributed by atoms with Crippen LogP contribution in [0.1, 0.15) is 32.6 Å². The van der Waals surface area contributed by atoms with Crippen molar-refractivity contribution < 1.29 is 23.1 Å². The zero-order valence-corrected chi connectivity index (χ0v) is 21.5. The molecule has 3 aromatic carbocycles. The molecule has 3 rings (SSSR count). The van der Waals surface area contributed by atoms with Crippen molar-refractivity contribution >= 4 is 39.6 Å². The van der Waals surface area contributed by atoms with Gasteiger partial charge in [0.1, 0.15) is 12.4 Å². The van der Waals surface area contributed by atoms with Crippen molar-refractivity contribution in [1.29, 1.82) is 0 Å². The Bertz CT molecular complexity index is 1410. The molecule has 1 atom stereocenters. The average molecular weight is 524 g/mol. The first-order valence-electron chi connectivity index (χ1n) is 11.3. The van der Waals surface area contributed by atoms with Gasteiger partial charge in [0.2, 0.25) is 10.0 Å². The number of sulfonamides is 1. The highest BCUT2D eigenvalue weighted by Crippen LogP contribution is 2.23. The summed E-state index contributed by atoms with van der Waals surface area (Å²) in [5.41, 5.74) is 6.29. The SMILES string of the molecule is Cc1cc(C)c(S(=O)(=O)NC(Cc2ccc(NC(=O)c3cccc(N=CNN)c3)cc2)C(=O)O)c(C)c1. The third-order valence-corrected chi connectivity index (χ3v) is 7.29. The van der Waals surface area contributed by atoms with Crippen LogP contribution in [-0.2, 0) is 21.2 Å². The average Bonchev–Trinajstić information content (AvgIpc) is 2.82. The fraction of sp³-hybridized carbons (Fsp3) is 0.192. The maximum atomic E-state index is 13.0. The molecular weight excluding hydrogens is 494 g/mol. The van der Waals surface area contributed by atoms with Gasteiger partial charge in [-0.15, -0.1) is 0 Å². The Balaban J connectivity index is 1.72. The number of nitrogens with zero attached hydrogens (tertiary/aromatic N) is 1. The van der Waals surface area contributed by atoms with Gasteiger partial charge in [-0.2, -0.15) is 4.72 Å². The van der Waals surface area contributed by atoms with Gasteiger partial charge >= 0.3 is 5.97 Å². The topological polar surface area (TPSA) is 163 Å². The lowest BCUT2D eigenvalue weighted by Gasteiger charge is -2.18. The first-order chi connectivity index (χ1) is 17.5. The zero-order chi connectivity index (χ0) is 27.2. The van der Waals surface area contributed by atoms with Crippen molar-refractivity contribution in [3.63, 3.8) is 0 Å². The molecule has 0 fully saturated rings. The second-order valence-electron chi connectivity index (χ2n) is 8.57. The maximum absolute atomic E-state index is 13.0. The Morgan fingerprint density at radius 3 is 2.27 bits per heavy atom. The summed E-state index contributed by atoms with van der Waals surface area (Å²) in [4.78, 5) is 28.6. The van der Waals surface area contributed by atoms with E-state index in [1.807, 2.05) is 6.92 Å². The summed E-state index contributed by atoms with van der Waals surface area (Å²) in [5, 5.41) is 12.5. The van der Waals surface area contributed by atoms with Crippen LogP contribution in [0.3, 0.4) is 0 Å².